The Morgan fingerprint density at radius 2 is 2.25 bits per heavy atom. The second-order valence-corrected chi connectivity index (χ2v) is 3.21. The van der Waals surface area contributed by atoms with Gasteiger partial charge in [0.05, 0.1) is 0 Å². The van der Waals surface area contributed by atoms with Gasteiger partial charge in [-0.3, -0.25) is 0 Å². The number of fused-ring (bicyclic) bond motifs is 1. The van der Waals surface area contributed by atoms with Crippen LogP contribution in [0.1, 0.15) is 11.5 Å². The van der Waals surface area contributed by atoms with Crippen LogP contribution in [0.3, 0.4) is 0 Å². The molecule has 0 radical (unpaired) electrons. The third kappa shape index (κ3) is 0.916. The fraction of sp³-hybridized carbons (Fsp3) is 0.300. The molecule has 1 heterocycles. The van der Waals surface area contributed by atoms with E-state index in [2.05, 4.69) is 24.1 Å². The number of benzene rings is 1. The highest BCUT2D eigenvalue weighted by molar-refractivity contribution is 5.75. The topological polar surface area (TPSA) is 27.1 Å². The molecule has 1 unspecified atom stereocenters. The third-order valence-electron chi connectivity index (χ3n) is 2.42. The second kappa shape index (κ2) is 2.63. The molecular weight excluding hydrogens is 148 g/mol. The lowest BCUT2D eigenvalue weighted by molar-refractivity contribution is 0.906. The molecule has 1 N–H and O–H groups in total. The lowest BCUT2D eigenvalue weighted by Gasteiger charge is -2.10. The van der Waals surface area contributed by atoms with E-state index in [1.165, 1.54) is 17.5 Å². The van der Waals surface area contributed by atoms with Crippen LogP contribution in [0.4, 0.5) is 5.69 Å². The average Bonchev–Trinajstić information content (AvgIpc) is 2.44. The number of hydrogen-bond acceptors (Lipinski definition) is 2. The highest BCUT2D eigenvalue weighted by Crippen LogP contribution is 2.33. The summed E-state index contributed by atoms with van der Waals surface area (Å²) in [4.78, 5) is 2.20. The van der Waals surface area contributed by atoms with E-state index in [-0.39, 0.29) is 0 Å². The standard InChI is InChI=1S/C10H12N2/c1-12-7-8(6-11)9-4-2-3-5-10(9)12/h2-6,8,11H,7H2,1H3. The van der Waals surface area contributed by atoms with E-state index in [0.717, 1.165) is 6.54 Å². The fourth-order valence-electron chi connectivity index (χ4n) is 1.78. The highest BCUT2D eigenvalue weighted by atomic mass is 15.1. The van der Waals surface area contributed by atoms with Crippen molar-refractivity contribution >= 4 is 11.9 Å². The first-order valence-electron chi connectivity index (χ1n) is 4.13. The minimum absolute atomic E-state index is 0.297. The van der Waals surface area contributed by atoms with Crippen molar-refractivity contribution in [2.24, 2.45) is 0 Å². The zero-order chi connectivity index (χ0) is 8.55. The molecule has 0 bridgehead atoms. The van der Waals surface area contributed by atoms with E-state index >= 15 is 0 Å². The molecule has 0 saturated heterocycles. The predicted molar refractivity (Wildman–Crippen MR) is 51.2 cm³/mol. The molecule has 0 amide bonds. The van der Waals surface area contributed by atoms with Gasteiger partial charge in [0.1, 0.15) is 0 Å². The third-order valence-corrected chi connectivity index (χ3v) is 2.42. The maximum absolute atomic E-state index is 7.27. The number of hydrogen-bond donors (Lipinski definition) is 1. The molecule has 2 heteroatoms. The molecule has 1 aliphatic heterocycles. The number of para-hydroxylation sites is 1. The monoisotopic (exact) mass is 160 g/mol. The largest absolute Gasteiger partial charge is 0.373 e. The normalized spacial score (nSPS) is 20.8. The Morgan fingerprint density at radius 1 is 1.50 bits per heavy atom. The van der Waals surface area contributed by atoms with E-state index in [9.17, 15) is 0 Å². The van der Waals surface area contributed by atoms with E-state index in [1.807, 2.05) is 12.1 Å². The molecule has 1 aliphatic rings. The summed E-state index contributed by atoms with van der Waals surface area (Å²) in [6.45, 7) is 0.947. The molecule has 1 atom stereocenters. The van der Waals surface area contributed by atoms with Gasteiger partial charge in [0.25, 0.3) is 0 Å². The number of nitrogens with one attached hydrogen (secondary N) is 1. The SMILES string of the molecule is CN1CC(C=N)c2ccccc21. The van der Waals surface area contributed by atoms with Crippen LogP contribution in [0.2, 0.25) is 0 Å². The summed E-state index contributed by atoms with van der Waals surface area (Å²) in [5, 5.41) is 7.27. The van der Waals surface area contributed by atoms with Crippen molar-refractivity contribution in [2.45, 2.75) is 5.92 Å². The van der Waals surface area contributed by atoms with Gasteiger partial charge < -0.3 is 10.3 Å². The summed E-state index contributed by atoms with van der Waals surface area (Å²) >= 11 is 0. The van der Waals surface area contributed by atoms with Crippen molar-refractivity contribution in [2.75, 3.05) is 18.5 Å². The maximum Gasteiger partial charge on any atom is 0.0403 e. The summed E-state index contributed by atoms with van der Waals surface area (Å²) in [6, 6.07) is 8.30. The van der Waals surface area contributed by atoms with Gasteiger partial charge in [-0.1, -0.05) is 18.2 Å². The number of nitrogens with zero attached hydrogens (tertiary/aromatic N) is 1. The van der Waals surface area contributed by atoms with Crippen LogP contribution < -0.4 is 4.90 Å². The summed E-state index contributed by atoms with van der Waals surface area (Å²) in [5.74, 6) is 0.297. The zero-order valence-corrected chi connectivity index (χ0v) is 7.12. The molecule has 12 heavy (non-hydrogen) atoms. The van der Waals surface area contributed by atoms with Crippen molar-refractivity contribution in [1.82, 2.24) is 0 Å². The summed E-state index contributed by atoms with van der Waals surface area (Å²) in [6.07, 6.45) is 1.53. The van der Waals surface area contributed by atoms with E-state index in [0.29, 0.717) is 5.92 Å². The van der Waals surface area contributed by atoms with Crippen molar-refractivity contribution < 1.29 is 0 Å². The Hall–Kier alpha value is -1.31. The van der Waals surface area contributed by atoms with Gasteiger partial charge in [-0.05, 0) is 11.6 Å². The fourth-order valence-corrected chi connectivity index (χ4v) is 1.78. The summed E-state index contributed by atoms with van der Waals surface area (Å²) < 4.78 is 0. The Morgan fingerprint density at radius 3 is 3.00 bits per heavy atom. The Balaban J connectivity index is 2.49. The lowest BCUT2D eigenvalue weighted by atomic mass is 10.0. The first-order chi connectivity index (χ1) is 5.83. The van der Waals surface area contributed by atoms with Crippen LogP contribution in [-0.2, 0) is 0 Å². The van der Waals surface area contributed by atoms with Gasteiger partial charge in [0.15, 0.2) is 0 Å². The summed E-state index contributed by atoms with van der Waals surface area (Å²) in [7, 11) is 2.07. The van der Waals surface area contributed by atoms with E-state index in [4.69, 9.17) is 5.41 Å². The molecule has 0 saturated carbocycles. The van der Waals surface area contributed by atoms with Crippen LogP contribution in [0.15, 0.2) is 24.3 Å². The minimum atomic E-state index is 0.297. The molecule has 0 fully saturated rings. The average molecular weight is 160 g/mol. The van der Waals surface area contributed by atoms with Gasteiger partial charge in [0, 0.05) is 31.4 Å². The Labute approximate surface area is 72.3 Å². The quantitative estimate of drug-likeness (QED) is 0.624. The van der Waals surface area contributed by atoms with E-state index < -0.39 is 0 Å². The highest BCUT2D eigenvalue weighted by Gasteiger charge is 2.23. The first kappa shape index (κ1) is 7.35. The number of likely N-dealkylation sites (N-methyl/N-ethyl adjacent to an activating group) is 1. The van der Waals surface area contributed by atoms with Crippen LogP contribution in [0.5, 0.6) is 0 Å². The molecule has 2 nitrogen and oxygen atoms in total. The molecule has 1 aromatic rings. The Bertz CT molecular complexity index is 306. The van der Waals surface area contributed by atoms with E-state index in [1.54, 1.807) is 0 Å². The van der Waals surface area contributed by atoms with Gasteiger partial charge in [0.2, 0.25) is 0 Å². The minimum Gasteiger partial charge on any atom is -0.373 e. The van der Waals surface area contributed by atoms with Crippen LogP contribution >= 0.6 is 0 Å². The first-order valence-corrected chi connectivity index (χ1v) is 4.13. The van der Waals surface area contributed by atoms with Gasteiger partial charge in [-0.15, -0.1) is 0 Å². The molecule has 0 aliphatic carbocycles. The van der Waals surface area contributed by atoms with Crippen LogP contribution in [0.25, 0.3) is 0 Å². The van der Waals surface area contributed by atoms with Gasteiger partial charge in [-0.2, -0.15) is 0 Å². The predicted octanol–water partition coefficient (Wildman–Crippen LogP) is 1.87. The van der Waals surface area contributed by atoms with Crippen molar-refractivity contribution in [3.05, 3.63) is 29.8 Å². The van der Waals surface area contributed by atoms with Crippen molar-refractivity contribution in [3.8, 4) is 0 Å². The van der Waals surface area contributed by atoms with Crippen LogP contribution in [-0.4, -0.2) is 19.8 Å². The molecule has 1 aromatic carbocycles. The lowest BCUT2D eigenvalue weighted by Crippen LogP contribution is -2.15. The smallest absolute Gasteiger partial charge is 0.0403 e. The second-order valence-electron chi connectivity index (χ2n) is 3.21. The summed E-state index contributed by atoms with van der Waals surface area (Å²) in [5.41, 5.74) is 2.56. The zero-order valence-electron chi connectivity index (χ0n) is 7.12. The molecular formula is C10H12N2. The van der Waals surface area contributed by atoms with Gasteiger partial charge >= 0.3 is 0 Å². The molecule has 0 spiro atoms. The van der Waals surface area contributed by atoms with Gasteiger partial charge in [-0.25, -0.2) is 0 Å². The molecule has 0 aromatic heterocycles. The van der Waals surface area contributed by atoms with Crippen molar-refractivity contribution in [3.63, 3.8) is 0 Å². The maximum atomic E-state index is 7.27. The van der Waals surface area contributed by atoms with Crippen molar-refractivity contribution in [1.29, 1.82) is 5.41 Å². The molecule has 2 rings (SSSR count). The number of anilines is 1. The van der Waals surface area contributed by atoms with Crippen LogP contribution in [0, 0.1) is 5.41 Å². The Kier molecular flexibility index (Phi) is 1.61. The molecule has 62 valence electrons. The number of rotatable bonds is 1.